The summed E-state index contributed by atoms with van der Waals surface area (Å²) in [5.74, 6) is -0.580. The highest BCUT2D eigenvalue weighted by Gasteiger charge is 2.23. The molecule has 0 aliphatic heterocycles. The number of hydrogen-bond acceptors (Lipinski definition) is 7. The smallest absolute Gasteiger partial charge is 0.463 e. The van der Waals surface area contributed by atoms with Gasteiger partial charge in [0.05, 0.1) is 13.2 Å². The zero-order chi connectivity index (χ0) is 44.6. The summed E-state index contributed by atoms with van der Waals surface area (Å²) in [5, 5.41) is 12.7. The molecule has 0 aliphatic rings. The van der Waals surface area contributed by atoms with E-state index >= 15 is 0 Å². The number of ether oxygens (including phenoxy) is 1. The van der Waals surface area contributed by atoms with Crippen LogP contribution in [-0.4, -0.2) is 54.3 Å². The third-order valence-electron chi connectivity index (χ3n) is 9.81. The molecule has 0 aromatic rings. The summed E-state index contributed by atoms with van der Waals surface area (Å²) in [7, 11) is -4.44. The summed E-state index contributed by atoms with van der Waals surface area (Å²) in [6.45, 7) is 3.34. The molecular weight excluding hydrogens is 786 g/mol. The Kier molecular flexibility index (Phi) is 44.5. The van der Waals surface area contributed by atoms with Crippen LogP contribution in [0.25, 0.3) is 0 Å². The average molecular weight is 874 g/mol. The third-order valence-corrected chi connectivity index (χ3v) is 10.8. The van der Waals surface area contributed by atoms with Crippen molar-refractivity contribution in [3.05, 3.63) is 85.1 Å². The number of rotatable bonds is 44. The second-order valence-corrected chi connectivity index (χ2v) is 17.1. The predicted molar refractivity (Wildman–Crippen MR) is 256 cm³/mol. The van der Waals surface area contributed by atoms with Gasteiger partial charge in [-0.15, -0.1) is 0 Å². The lowest BCUT2D eigenvalue weighted by molar-refractivity contribution is -0.147. The normalized spacial score (nSPS) is 14.0. The van der Waals surface area contributed by atoms with Crippen LogP contribution in [0.4, 0.5) is 0 Å². The molecule has 9 nitrogen and oxygen atoms in total. The lowest BCUT2D eigenvalue weighted by atomic mass is 10.0. The molecule has 0 radical (unpaired) electrons. The highest BCUT2D eigenvalue weighted by molar-refractivity contribution is 7.47. The lowest BCUT2D eigenvalue weighted by Gasteiger charge is -2.15. The van der Waals surface area contributed by atoms with E-state index in [-0.39, 0.29) is 32.1 Å². The first-order valence-corrected chi connectivity index (χ1v) is 25.6. The number of allylic oxidation sites excluding steroid dienone is 14. The third kappa shape index (κ3) is 48.1. The van der Waals surface area contributed by atoms with Crippen LogP contribution in [0.15, 0.2) is 85.1 Å². The molecule has 2 atom stereocenters. The van der Waals surface area contributed by atoms with E-state index in [0.29, 0.717) is 12.8 Å². The van der Waals surface area contributed by atoms with Crippen molar-refractivity contribution in [3.63, 3.8) is 0 Å². The highest BCUT2D eigenvalue weighted by Crippen LogP contribution is 2.42. The van der Waals surface area contributed by atoms with E-state index in [0.717, 1.165) is 64.2 Å². The monoisotopic (exact) mass is 874 g/mol. The van der Waals surface area contributed by atoms with Gasteiger partial charge in [0, 0.05) is 19.4 Å². The van der Waals surface area contributed by atoms with Gasteiger partial charge in [-0.25, -0.2) is 4.57 Å². The molecule has 0 rings (SSSR count). The van der Waals surface area contributed by atoms with Gasteiger partial charge in [0.2, 0.25) is 5.91 Å². The number of amides is 1. The van der Waals surface area contributed by atoms with E-state index in [1.807, 2.05) is 0 Å². The maximum Gasteiger partial charge on any atom is 0.472 e. The van der Waals surface area contributed by atoms with Gasteiger partial charge >= 0.3 is 13.8 Å². The minimum atomic E-state index is -4.44. The predicted octanol–water partition coefficient (Wildman–Crippen LogP) is 14.0. The summed E-state index contributed by atoms with van der Waals surface area (Å²) in [6, 6.07) is 0. The van der Waals surface area contributed by atoms with Crippen molar-refractivity contribution < 1.29 is 37.9 Å². The van der Waals surface area contributed by atoms with E-state index in [2.05, 4.69) is 104 Å². The molecule has 3 N–H and O–H groups in total. The molecule has 0 spiro atoms. The summed E-state index contributed by atoms with van der Waals surface area (Å²) >= 11 is 0. The minimum Gasteiger partial charge on any atom is -0.463 e. The summed E-state index contributed by atoms with van der Waals surface area (Å²) in [5.41, 5.74) is 0. The Morgan fingerprint density at radius 3 is 1.44 bits per heavy atom. The molecule has 0 saturated carbocycles. The molecule has 0 aromatic heterocycles. The van der Waals surface area contributed by atoms with Crippen molar-refractivity contribution in [2.45, 2.75) is 200 Å². The average Bonchev–Trinajstić information content (AvgIpc) is 3.25. The first-order valence-electron chi connectivity index (χ1n) is 24.1. The van der Waals surface area contributed by atoms with Gasteiger partial charge in [0.15, 0.2) is 0 Å². The largest absolute Gasteiger partial charge is 0.472 e. The number of carbonyl (C=O) groups is 2. The number of unbranched alkanes of at least 4 members (excludes halogenated alkanes) is 17. The van der Waals surface area contributed by atoms with Crippen molar-refractivity contribution in [3.8, 4) is 0 Å². The Bertz CT molecular complexity index is 1270. The molecule has 0 heterocycles. The van der Waals surface area contributed by atoms with Crippen molar-refractivity contribution in [1.29, 1.82) is 0 Å². The SMILES string of the molecule is CC/C=C\C/C=C\C/C=C\C/C=C\C/C=C\CCCC(=O)NCCOP(=O)(O)OCC(O)COC(=O)CCCCCCCCCCCCCCC/C=C\C/C=C\CCCCC. The van der Waals surface area contributed by atoms with Crippen molar-refractivity contribution in [2.75, 3.05) is 26.4 Å². The first kappa shape index (κ1) is 58.2. The van der Waals surface area contributed by atoms with Crippen molar-refractivity contribution in [1.82, 2.24) is 5.32 Å². The maximum atomic E-state index is 12.1. The number of phosphoric ester groups is 1. The van der Waals surface area contributed by atoms with E-state index < -0.39 is 26.5 Å². The van der Waals surface area contributed by atoms with Crippen LogP contribution < -0.4 is 5.32 Å². The zero-order valence-corrected chi connectivity index (χ0v) is 39.5. The Labute approximate surface area is 373 Å². The summed E-state index contributed by atoms with van der Waals surface area (Å²) < 4.78 is 26.9. The second kappa shape index (κ2) is 46.7. The number of esters is 1. The number of nitrogens with one attached hydrogen (secondary N) is 1. The topological polar surface area (TPSA) is 131 Å². The maximum absolute atomic E-state index is 12.1. The minimum absolute atomic E-state index is 0.0472. The van der Waals surface area contributed by atoms with Gasteiger partial charge in [-0.3, -0.25) is 18.6 Å². The highest BCUT2D eigenvalue weighted by atomic mass is 31.2. The number of phosphoric acid groups is 1. The number of aliphatic hydroxyl groups excluding tert-OH is 1. The van der Waals surface area contributed by atoms with E-state index in [1.54, 1.807) is 0 Å². The van der Waals surface area contributed by atoms with Gasteiger partial charge in [0.25, 0.3) is 0 Å². The van der Waals surface area contributed by atoms with Gasteiger partial charge < -0.3 is 20.1 Å². The van der Waals surface area contributed by atoms with E-state index in [1.165, 1.54) is 96.3 Å². The van der Waals surface area contributed by atoms with Crippen LogP contribution in [-0.2, 0) is 27.9 Å². The van der Waals surface area contributed by atoms with Crippen molar-refractivity contribution in [2.24, 2.45) is 0 Å². The fourth-order valence-electron chi connectivity index (χ4n) is 6.21. The molecule has 0 fully saturated rings. The Morgan fingerprint density at radius 1 is 0.525 bits per heavy atom. The second-order valence-electron chi connectivity index (χ2n) is 15.7. The van der Waals surface area contributed by atoms with Gasteiger partial charge in [-0.05, 0) is 83.5 Å². The first-order chi connectivity index (χ1) is 29.8. The quantitative estimate of drug-likeness (QED) is 0.0239. The van der Waals surface area contributed by atoms with Crippen LogP contribution in [0.2, 0.25) is 0 Å². The van der Waals surface area contributed by atoms with Gasteiger partial charge in [-0.2, -0.15) is 0 Å². The molecular formula is C51H88NO8P. The number of carbonyl (C=O) groups excluding carboxylic acids is 2. The zero-order valence-electron chi connectivity index (χ0n) is 38.6. The molecule has 2 unspecified atom stereocenters. The molecule has 1 amide bonds. The van der Waals surface area contributed by atoms with E-state index in [4.69, 9.17) is 13.8 Å². The fourth-order valence-corrected chi connectivity index (χ4v) is 6.97. The molecule has 0 aromatic carbocycles. The molecule has 10 heteroatoms. The lowest BCUT2D eigenvalue weighted by Crippen LogP contribution is -2.27. The molecule has 0 saturated heterocycles. The van der Waals surface area contributed by atoms with Crippen LogP contribution >= 0.6 is 7.82 Å². The Hall–Kier alpha value is -2.81. The Morgan fingerprint density at radius 2 is 0.951 bits per heavy atom. The van der Waals surface area contributed by atoms with Crippen LogP contribution in [0.3, 0.4) is 0 Å². The molecule has 61 heavy (non-hydrogen) atoms. The van der Waals surface area contributed by atoms with E-state index in [9.17, 15) is 24.2 Å². The number of aliphatic hydroxyl groups is 1. The molecule has 350 valence electrons. The van der Waals surface area contributed by atoms with Gasteiger partial charge in [0.1, 0.15) is 12.7 Å². The number of hydrogen-bond donors (Lipinski definition) is 3. The van der Waals surface area contributed by atoms with Crippen molar-refractivity contribution >= 4 is 19.7 Å². The van der Waals surface area contributed by atoms with Crippen LogP contribution in [0, 0.1) is 0 Å². The van der Waals surface area contributed by atoms with Crippen LogP contribution in [0.1, 0.15) is 194 Å². The van der Waals surface area contributed by atoms with Gasteiger partial charge in [-0.1, -0.05) is 182 Å². The standard InChI is InChI=1S/C51H88NO8P/c1-3-5-7-9-11-13-15-17-19-21-22-23-24-25-26-28-30-32-34-36-38-40-42-44-51(55)58-47-49(53)48-60-61(56,57)59-46-45-52-50(54)43-41-39-37-35-33-31-29-27-20-18-16-14-12-10-8-6-4-2/h6,8,11-14,17-20,29,31,35,37,49,53H,3-5,7,9-10,15-16,21-28,30,32-34,36,38-48H2,1-2H3,(H,52,54)(H,56,57)/b8-6-,13-11-,14-12-,19-17-,20-18-,31-29-,37-35-. The Balaban J connectivity index is 3.63. The van der Waals surface area contributed by atoms with Crippen LogP contribution in [0.5, 0.6) is 0 Å². The molecule has 0 bridgehead atoms. The summed E-state index contributed by atoms with van der Waals surface area (Å²) in [4.78, 5) is 34.0. The molecule has 0 aliphatic carbocycles. The fraction of sp³-hybridized carbons (Fsp3) is 0.686. The summed E-state index contributed by atoms with van der Waals surface area (Å²) in [6.07, 6.45) is 59.6.